The lowest BCUT2D eigenvalue weighted by Crippen LogP contribution is -3.06. The zero-order chi connectivity index (χ0) is 14.5. The number of hydrogen-bond donors (Lipinski definition) is 2. The molecule has 1 atom stereocenters. The van der Waals surface area contributed by atoms with Gasteiger partial charge in [0.1, 0.15) is 6.04 Å². The van der Waals surface area contributed by atoms with Crippen LogP contribution in [-0.2, 0) is 0 Å². The molecule has 106 valence electrons. The van der Waals surface area contributed by atoms with Crippen LogP contribution >= 0.6 is 11.3 Å². The van der Waals surface area contributed by atoms with Crippen molar-refractivity contribution >= 4 is 17.2 Å². The minimum atomic E-state index is -0.00324. The summed E-state index contributed by atoms with van der Waals surface area (Å²) in [5, 5.41) is 5.12. The molecule has 1 heterocycles. The highest BCUT2D eigenvalue weighted by Gasteiger charge is 2.19. The molecule has 3 nitrogen and oxygen atoms in total. The lowest BCUT2D eigenvalue weighted by atomic mass is 10.1. The topological polar surface area (TPSA) is 33.5 Å². The number of hydrogen-bond acceptors (Lipinski definition) is 2. The molecule has 1 aromatic heterocycles. The lowest BCUT2D eigenvalue weighted by molar-refractivity contribution is -0.890. The first-order valence-corrected chi connectivity index (χ1v) is 7.64. The van der Waals surface area contributed by atoms with Gasteiger partial charge in [0.15, 0.2) is 0 Å². The van der Waals surface area contributed by atoms with Crippen LogP contribution in [0, 0.1) is 6.92 Å². The van der Waals surface area contributed by atoms with Gasteiger partial charge in [0.05, 0.1) is 25.5 Å². The van der Waals surface area contributed by atoms with Crippen molar-refractivity contribution in [3.8, 4) is 0 Å². The van der Waals surface area contributed by atoms with E-state index in [0.29, 0.717) is 12.6 Å². The van der Waals surface area contributed by atoms with Gasteiger partial charge in [0.2, 0.25) is 0 Å². The summed E-state index contributed by atoms with van der Waals surface area (Å²) in [5.74, 6) is -0.00324. The van der Waals surface area contributed by atoms with Crippen LogP contribution in [0.25, 0.3) is 0 Å². The molecule has 4 heteroatoms. The second-order valence-electron chi connectivity index (χ2n) is 5.22. The van der Waals surface area contributed by atoms with Crippen LogP contribution in [0.3, 0.4) is 0 Å². The van der Waals surface area contributed by atoms with Gasteiger partial charge in [-0.15, -0.1) is 11.3 Å². The van der Waals surface area contributed by atoms with E-state index in [0.717, 1.165) is 11.1 Å². The average molecular weight is 289 g/mol. The Hall–Kier alpha value is -1.65. The minimum absolute atomic E-state index is 0.00324. The Labute approximate surface area is 124 Å². The van der Waals surface area contributed by atoms with E-state index in [1.165, 1.54) is 9.78 Å². The molecule has 2 aromatic rings. The van der Waals surface area contributed by atoms with Gasteiger partial charge in [-0.2, -0.15) is 0 Å². The quantitative estimate of drug-likeness (QED) is 0.862. The molecule has 0 unspecified atom stereocenters. The Morgan fingerprint density at radius 3 is 2.70 bits per heavy atom. The second kappa shape index (κ2) is 6.68. The Balaban J connectivity index is 2.01. The summed E-state index contributed by atoms with van der Waals surface area (Å²) in [4.78, 5) is 14.8. The Morgan fingerprint density at radius 1 is 1.30 bits per heavy atom. The summed E-state index contributed by atoms with van der Waals surface area (Å²) in [7, 11) is 4.23. The molecule has 0 aliphatic rings. The van der Waals surface area contributed by atoms with Crippen molar-refractivity contribution in [3.05, 3.63) is 57.8 Å². The van der Waals surface area contributed by atoms with Crippen molar-refractivity contribution in [1.82, 2.24) is 5.32 Å². The summed E-state index contributed by atoms with van der Waals surface area (Å²) in [6.07, 6.45) is 0. The van der Waals surface area contributed by atoms with Gasteiger partial charge in [-0.25, -0.2) is 0 Å². The molecule has 0 radical (unpaired) electrons. The van der Waals surface area contributed by atoms with Crippen LogP contribution in [-0.4, -0.2) is 26.5 Å². The van der Waals surface area contributed by atoms with Gasteiger partial charge >= 0.3 is 0 Å². The van der Waals surface area contributed by atoms with Crippen LogP contribution in [0.4, 0.5) is 0 Å². The molecule has 0 saturated carbocycles. The molecule has 1 amide bonds. The molecule has 0 saturated heterocycles. The molecule has 20 heavy (non-hydrogen) atoms. The fourth-order valence-corrected chi connectivity index (χ4v) is 3.12. The number of benzene rings is 1. The molecule has 0 aliphatic carbocycles. The number of carbonyl (C=O) groups is 1. The molecular weight excluding hydrogens is 268 g/mol. The third-order valence-corrected chi connectivity index (χ3v) is 4.32. The largest absolute Gasteiger partial charge is 0.346 e. The molecule has 0 aliphatic heterocycles. The molecule has 1 aromatic carbocycles. The summed E-state index contributed by atoms with van der Waals surface area (Å²) < 4.78 is 0. The maximum absolute atomic E-state index is 12.2. The van der Waals surface area contributed by atoms with E-state index in [9.17, 15) is 4.79 Å². The van der Waals surface area contributed by atoms with E-state index in [1.807, 2.05) is 31.2 Å². The number of quaternary nitrogens is 1. The highest BCUT2D eigenvalue weighted by atomic mass is 32.1. The van der Waals surface area contributed by atoms with Gasteiger partial charge in [-0.05, 0) is 30.5 Å². The van der Waals surface area contributed by atoms with Crippen LogP contribution in [0.2, 0.25) is 0 Å². The monoisotopic (exact) mass is 289 g/mol. The highest BCUT2D eigenvalue weighted by Crippen LogP contribution is 2.15. The zero-order valence-electron chi connectivity index (χ0n) is 12.1. The predicted molar refractivity (Wildman–Crippen MR) is 83.4 cm³/mol. The van der Waals surface area contributed by atoms with Crippen LogP contribution in [0.5, 0.6) is 0 Å². The summed E-state index contributed by atoms with van der Waals surface area (Å²) in [6.45, 7) is 2.64. The van der Waals surface area contributed by atoms with Crippen molar-refractivity contribution in [3.63, 3.8) is 0 Å². The SMILES string of the molecule is Cc1cccc(C(=O)NC[C@@H](c2cccs2)[NH+](C)C)c1. The standard InChI is InChI=1S/C16H20N2OS/c1-12-6-4-7-13(10-12)16(19)17-11-14(18(2)3)15-8-5-9-20-15/h4-10,14H,11H2,1-3H3,(H,17,19)/p+1/t14-/m0/s1. The number of carbonyl (C=O) groups excluding carboxylic acids is 1. The summed E-state index contributed by atoms with van der Waals surface area (Å²) >= 11 is 1.74. The number of nitrogens with one attached hydrogen (secondary N) is 2. The average Bonchev–Trinajstić information content (AvgIpc) is 2.92. The van der Waals surface area contributed by atoms with E-state index in [-0.39, 0.29) is 5.91 Å². The summed E-state index contributed by atoms with van der Waals surface area (Å²) in [6, 6.07) is 12.2. The maximum atomic E-state index is 12.2. The number of likely N-dealkylation sites (N-methyl/N-ethyl adjacent to an activating group) is 1. The second-order valence-corrected chi connectivity index (χ2v) is 6.20. The number of amides is 1. The zero-order valence-corrected chi connectivity index (χ0v) is 13.0. The fourth-order valence-electron chi connectivity index (χ4n) is 2.16. The molecule has 2 N–H and O–H groups in total. The van der Waals surface area contributed by atoms with Gasteiger partial charge < -0.3 is 10.2 Å². The van der Waals surface area contributed by atoms with Crippen molar-refractivity contribution < 1.29 is 9.69 Å². The van der Waals surface area contributed by atoms with Crippen LogP contribution < -0.4 is 10.2 Å². The van der Waals surface area contributed by atoms with E-state index >= 15 is 0 Å². The summed E-state index contributed by atoms with van der Waals surface area (Å²) in [5.41, 5.74) is 1.83. The minimum Gasteiger partial charge on any atom is -0.346 e. The fraction of sp³-hybridized carbons (Fsp3) is 0.312. The molecule has 0 bridgehead atoms. The highest BCUT2D eigenvalue weighted by molar-refractivity contribution is 7.10. The van der Waals surface area contributed by atoms with Crippen molar-refractivity contribution in [2.24, 2.45) is 0 Å². The third-order valence-electron chi connectivity index (χ3n) is 3.33. The predicted octanol–water partition coefficient (Wildman–Crippen LogP) is 1.67. The van der Waals surface area contributed by atoms with E-state index in [2.05, 4.69) is 36.9 Å². The lowest BCUT2D eigenvalue weighted by Gasteiger charge is -2.20. The van der Waals surface area contributed by atoms with Gasteiger partial charge in [-0.3, -0.25) is 4.79 Å². The Bertz CT molecular complexity index is 564. The van der Waals surface area contributed by atoms with Crippen LogP contribution in [0.15, 0.2) is 41.8 Å². The molecule has 2 rings (SSSR count). The van der Waals surface area contributed by atoms with Gasteiger partial charge in [-0.1, -0.05) is 23.8 Å². The van der Waals surface area contributed by atoms with Crippen LogP contribution in [0.1, 0.15) is 26.8 Å². The third kappa shape index (κ3) is 3.68. The van der Waals surface area contributed by atoms with Crippen molar-refractivity contribution in [2.75, 3.05) is 20.6 Å². The molecule has 0 spiro atoms. The van der Waals surface area contributed by atoms with E-state index in [1.54, 1.807) is 11.3 Å². The smallest absolute Gasteiger partial charge is 0.251 e. The first-order valence-electron chi connectivity index (χ1n) is 6.76. The van der Waals surface area contributed by atoms with E-state index in [4.69, 9.17) is 0 Å². The van der Waals surface area contributed by atoms with Gasteiger partial charge in [0.25, 0.3) is 5.91 Å². The Kier molecular flexibility index (Phi) is 4.93. The van der Waals surface area contributed by atoms with Crippen molar-refractivity contribution in [2.45, 2.75) is 13.0 Å². The van der Waals surface area contributed by atoms with E-state index < -0.39 is 0 Å². The number of thiophene rings is 1. The maximum Gasteiger partial charge on any atom is 0.251 e. The molecule has 0 fully saturated rings. The molecular formula is C16H21N2OS+. The first-order chi connectivity index (χ1) is 9.58. The van der Waals surface area contributed by atoms with Gasteiger partial charge in [0, 0.05) is 5.56 Å². The number of aryl methyl sites for hydroxylation is 1. The van der Waals surface area contributed by atoms with Crippen molar-refractivity contribution in [1.29, 1.82) is 0 Å². The Morgan fingerprint density at radius 2 is 2.10 bits per heavy atom. The first kappa shape index (κ1) is 14.8. The number of rotatable bonds is 5. The normalized spacial score (nSPS) is 12.4.